The van der Waals surface area contributed by atoms with Gasteiger partial charge in [0.05, 0.1) is 13.2 Å². The van der Waals surface area contributed by atoms with Gasteiger partial charge >= 0.3 is 0 Å². The SMILES string of the molecule is CCCC#Cc1cccc(C#CCCO)n1.CCCC#Cc1cncc(C#CCCO)c1. The van der Waals surface area contributed by atoms with Crippen LogP contribution in [0.1, 0.15) is 74.9 Å². The molecule has 0 aliphatic rings. The van der Waals surface area contributed by atoms with E-state index in [1.807, 2.05) is 24.3 Å². The lowest BCUT2D eigenvalue weighted by Crippen LogP contribution is -1.87. The molecule has 0 amide bonds. The minimum atomic E-state index is 0.0863. The van der Waals surface area contributed by atoms with Gasteiger partial charge in [-0.15, -0.1) is 0 Å². The molecule has 0 fully saturated rings. The number of nitrogens with zero attached hydrogens (tertiary/aromatic N) is 2. The van der Waals surface area contributed by atoms with Crippen LogP contribution in [0.3, 0.4) is 0 Å². The van der Waals surface area contributed by atoms with Crippen molar-refractivity contribution >= 4 is 0 Å². The van der Waals surface area contributed by atoms with Crippen molar-refractivity contribution in [1.29, 1.82) is 0 Å². The number of aliphatic hydroxyl groups excluding tert-OH is 2. The zero-order valence-electron chi connectivity index (χ0n) is 18.9. The molecule has 0 radical (unpaired) electrons. The van der Waals surface area contributed by atoms with E-state index in [0.717, 1.165) is 42.5 Å². The van der Waals surface area contributed by atoms with Crippen LogP contribution in [0.25, 0.3) is 0 Å². The Bertz CT molecular complexity index is 895. The van der Waals surface area contributed by atoms with E-state index in [-0.39, 0.29) is 13.2 Å². The molecule has 0 unspecified atom stereocenters. The van der Waals surface area contributed by atoms with Crippen LogP contribution in [0.5, 0.6) is 0 Å². The highest BCUT2D eigenvalue weighted by Gasteiger charge is 1.91. The maximum Gasteiger partial charge on any atom is 0.114 e. The maximum absolute atomic E-state index is 8.60. The molecule has 2 aromatic rings. The molecule has 0 spiro atoms. The van der Waals surface area contributed by atoms with Gasteiger partial charge in [-0.05, 0) is 42.9 Å². The van der Waals surface area contributed by atoms with E-state index >= 15 is 0 Å². The molecule has 32 heavy (non-hydrogen) atoms. The van der Waals surface area contributed by atoms with Crippen LogP contribution in [-0.2, 0) is 0 Å². The summed E-state index contributed by atoms with van der Waals surface area (Å²) in [6.45, 7) is 4.38. The summed E-state index contributed by atoms with van der Waals surface area (Å²) >= 11 is 0. The minimum Gasteiger partial charge on any atom is -0.395 e. The second-order valence-corrected chi connectivity index (χ2v) is 6.52. The molecule has 0 aliphatic heterocycles. The second kappa shape index (κ2) is 18.2. The highest BCUT2D eigenvalue weighted by atomic mass is 16.3. The van der Waals surface area contributed by atoms with Crippen LogP contribution in [-0.4, -0.2) is 33.4 Å². The van der Waals surface area contributed by atoms with Crippen molar-refractivity contribution in [1.82, 2.24) is 9.97 Å². The zero-order chi connectivity index (χ0) is 23.3. The summed E-state index contributed by atoms with van der Waals surface area (Å²) in [6.07, 6.45) is 8.33. The lowest BCUT2D eigenvalue weighted by molar-refractivity contribution is 0.304. The number of pyridine rings is 2. The van der Waals surface area contributed by atoms with Crippen LogP contribution in [0, 0.1) is 47.4 Å². The van der Waals surface area contributed by atoms with Gasteiger partial charge in [0, 0.05) is 49.2 Å². The molecule has 0 atom stereocenters. The van der Waals surface area contributed by atoms with Gasteiger partial charge in [-0.1, -0.05) is 55.4 Å². The van der Waals surface area contributed by atoms with E-state index in [0.29, 0.717) is 18.5 Å². The summed E-state index contributed by atoms with van der Waals surface area (Å²) in [5.74, 6) is 23.7. The highest BCUT2D eigenvalue weighted by Crippen LogP contribution is 2.00. The number of rotatable bonds is 4. The van der Waals surface area contributed by atoms with Gasteiger partial charge in [-0.2, -0.15) is 0 Å². The Kier molecular flexibility index (Phi) is 15.1. The Balaban J connectivity index is 0.000000320. The summed E-state index contributed by atoms with van der Waals surface area (Å²) in [5.41, 5.74) is 3.20. The van der Waals surface area contributed by atoms with Gasteiger partial charge in [0.2, 0.25) is 0 Å². The molecule has 164 valence electrons. The van der Waals surface area contributed by atoms with E-state index in [1.165, 1.54) is 0 Å². The standard InChI is InChI=1S/2C14H15NO/c1-2-3-4-8-13-10-7-11-14(15-13)9-5-6-12-16;1-2-3-4-7-13-10-14(12-15-11-13)8-5-6-9-16/h7,10-11,16H,2-3,6,12H2,1H3;10-12,16H,2-3,6,9H2,1H3. The molecule has 0 saturated carbocycles. The molecule has 2 rings (SSSR count). The van der Waals surface area contributed by atoms with Gasteiger partial charge in [0.1, 0.15) is 11.4 Å². The van der Waals surface area contributed by atoms with Crippen LogP contribution < -0.4 is 0 Å². The van der Waals surface area contributed by atoms with Crippen molar-refractivity contribution in [3.8, 4) is 47.4 Å². The first-order chi connectivity index (χ1) is 15.7. The fourth-order valence-corrected chi connectivity index (χ4v) is 2.15. The molecule has 2 aromatic heterocycles. The molecule has 4 nitrogen and oxygen atoms in total. The minimum absolute atomic E-state index is 0.0863. The topological polar surface area (TPSA) is 66.2 Å². The van der Waals surface area contributed by atoms with Gasteiger partial charge in [-0.3, -0.25) is 4.98 Å². The Morgan fingerprint density at radius 1 is 0.688 bits per heavy atom. The van der Waals surface area contributed by atoms with Crippen LogP contribution in [0.15, 0.2) is 36.7 Å². The van der Waals surface area contributed by atoms with Crippen LogP contribution >= 0.6 is 0 Å². The molecule has 0 aliphatic carbocycles. The average Bonchev–Trinajstić information content (AvgIpc) is 2.81. The third kappa shape index (κ3) is 12.9. The predicted octanol–water partition coefficient (Wildman–Crippen LogP) is 3.93. The van der Waals surface area contributed by atoms with Crippen molar-refractivity contribution in [3.05, 3.63) is 59.2 Å². The molecular weight excluding hydrogens is 396 g/mol. The number of aliphatic hydroxyl groups is 2. The predicted molar refractivity (Wildman–Crippen MR) is 129 cm³/mol. The number of aromatic nitrogens is 2. The Morgan fingerprint density at radius 3 is 1.66 bits per heavy atom. The second-order valence-electron chi connectivity index (χ2n) is 6.52. The quantitative estimate of drug-likeness (QED) is 0.727. The van der Waals surface area contributed by atoms with E-state index in [4.69, 9.17) is 10.2 Å². The highest BCUT2D eigenvalue weighted by molar-refractivity contribution is 5.41. The van der Waals surface area contributed by atoms with Crippen LogP contribution in [0.4, 0.5) is 0 Å². The molecule has 2 N–H and O–H groups in total. The number of hydrogen-bond donors (Lipinski definition) is 2. The smallest absolute Gasteiger partial charge is 0.114 e. The van der Waals surface area contributed by atoms with Gasteiger partial charge in [0.25, 0.3) is 0 Å². The molecule has 4 heteroatoms. The Morgan fingerprint density at radius 2 is 1.16 bits per heavy atom. The lowest BCUT2D eigenvalue weighted by atomic mass is 10.2. The van der Waals surface area contributed by atoms with Crippen molar-refractivity contribution < 1.29 is 10.2 Å². The van der Waals surface area contributed by atoms with Crippen molar-refractivity contribution in [2.75, 3.05) is 13.2 Å². The first kappa shape index (κ1) is 26.5. The summed E-state index contributed by atoms with van der Waals surface area (Å²) in [5, 5.41) is 17.2. The molecular formula is C28H30N2O2. The monoisotopic (exact) mass is 426 g/mol. The third-order valence-electron chi connectivity index (χ3n) is 3.61. The Hall–Kier alpha value is -3.54. The number of hydrogen-bond acceptors (Lipinski definition) is 4. The van der Waals surface area contributed by atoms with Gasteiger partial charge in [-0.25, -0.2) is 4.98 Å². The van der Waals surface area contributed by atoms with Gasteiger partial charge in [0.15, 0.2) is 0 Å². The molecule has 0 aromatic carbocycles. The average molecular weight is 427 g/mol. The van der Waals surface area contributed by atoms with E-state index in [2.05, 4.69) is 71.2 Å². The summed E-state index contributed by atoms with van der Waals surface area (Å²) in [7, 11) is 0. The summed E-state index contributed by atoms with van der Waals surface area (Å²) < 4.78 is 0. The van der Waals surface area contributed by atoms with Crippen molar-refractivity contribution in [3.63, 3.8) is 0 Å². The number of unbranched alkanes of at least 4 members (excludes halogenated alkanes) is 2. The molecule has 2 heterocycles. The fourth-order valence-electron chi connectivity index (χ4n) is 2.15. The van der Waals surface area contributed by atoms with E-state index in [9.17, 15) is 0 Å². The largest absolute Gasteiger partial charge is 0.395 e. The summed E-state index contributed by atoms with van der Waals surface area (Å²) in [4.78, 5) is 8.36. The Labute approximate surface area is 192 Å². The zero-order valence-corrected chi connectivity index (χ0v) is 18.9. The van der Waals surface area contributed by atoms with Crippen molar-refractivity contribution in [2.45, 2.75) is 52.4 Å². The maximum atomic E-state index is 8.60. The summed E-state index contributed by atoms with van der Waals surface area (Å²) in [6, 6.07) is 7.53. The van der Waals surface area contributed by atoms with Crippen molar-refractivity contribution in [2.24, 2.45) is 0 Å². The van der Waals surface area contributed by atoms with Gasteiger partial charge < -0.3 is 10.2 Å². The van der Waals surface area contributed by atoms with Crippen LogP contribution in [0.2, 0.25) is 0 Å². The van der Waals surface area contributed by atoms with E-state index in [1.54, 1.807) is 12.4 Å². The fraction of sp³-hybridized carbons (Fsp3) is 0.357. The molecule has 0 saturated heterocycles. The first-order valence-corrected chi connectivity index (χ1v) is 10.8. The lowest BCUT2D eigenvalue weighted by Gasteiger charge is -1.91. The third-order valence-corrected chi connectivity index (χ3v) is 3.61. The molecule has 0 bridgehead atoms. The normalized spacial score (nSPS) is 8.62. The van der Waals surface area contributed by atoms with E-state index < -0.39 is 0 Å². The first-order valence-electron chi connectivity index (χ1n) is 10.8.